The summed E-state index contributed by atoms with van der Waals surface area (Å²) in [5, 5.41) is 7.38. The number of anilines is 1. The maximum Gasteiger partial charge on any atom is 0.274 e. The Morgan fingerprint density at radius 2 is 2.03 bits per heavy atom. The molecular weight excluding hydrogens is 373 g/mol. The van der Waals surface area contributed by atoms with Crippen LogP contribution in [0.15, 0.2) is 77.7 Å². The molecule has 0 saturated carbocycles. The van der Waals surface area contributed by atoms with Gasteiger partial charge in [0.1, 0.15) is 11.6 Å². The number of furan rings is 1. The largest absolute Gasteiger partial charge is 0.467 e. The molecule has 0 aliphatic rings. The van der Waals surface area contributed by atoms with Crippen molar-refractivity contribution in [2.75, 3.05) is 5.32 Å². The highest BCUT2D eigenvalue weighted by molar-refractivity contribution is 5.94. The zero-order chi connectivity index (χ0) is 20.1. The van der Waals surface area contributed by atoms with Crippen molar-refractivity contribution < 1.29 is 13.6 Å². The standard InChI is InChI=1S/C21H16FN5O2/c22-17-8-5-15(6-9-17)7-10-19(28)27-21(24-14-18-4-2-12-29-18)25-20(26-27)16-3-1-11-23-13-16/h1-13H,14H2,(H,24,25,26). The summed E-state index contributed by atoms with van der Waals surface area (Å²) in [6.07, 6.45) is 7.78. The second-order valence-corrected chi connectivity index (χ2v) is 6.07. The number of benzene rings is 1. The number of aromatic nitrogens is 4. The SMILES string of the molecule is O=C(C=Cc1ccc(F)cc1)n1nc(-c2cccnc2)nc1NCc1ccco1. The Morgan fingerprint density at radius 3 is 2.76 bits per heavy atom. The quantitative estimate of drug-likeness (QED) is 0.501. The van der Waals surface area contributed by atoms with Crippen LogP contribution in [-0.2, 0) is 6.54 Å². The van der Waals surface area contributed by atoms with Crippen LogP contribution in [0, 0.1) is 5.82 Å². The first-order valence-corrected chi connectivity index (χ1v) is 8.81. The van der Waals surface area contributed by atoms with Crippen molar-refractivity contribution in [3.05, 3.63) is 90.4 Å². The molecule has 0 spiro atoms. The maximum absolute atomic E-state index is 13.0. The number of nitrogens with one attached hydrogen (secondary N) is 1. The fourth-order valence-electron chi connectivity index (χ4n) is 2.59. The lowest BCUT2D eigenvalue weighted by atomic mass is 10.2. The zero-order valence-electron chi connectivity index (χ0n) is 15.2. The summed E-state index contributed by atoms with van der Waals surface area (Å²) in [5.41, 5.74) is 1.38. The van der Waals surface area contributed by atoms with E-state index in [0.717, 1.165) is 0 Å². The highest BCUT2D eigenvalue weighted by Crippen LogP contribution is 2.18. The lowest BCUT2D eigenvalue weighted by Gasteiger charge is -2.03. The molecule has 0 fully saturated rings. The van der Waals surface area contributed by atoms with Gasteiger partial charge in [-0.15, -0.1) is 5.10 Å². The van der Waals surface area contributed by atoms with E-state index in [1.807, 2.05) is 12.1 Å². The Bertz CT molecular complexity index is 1120. The Labute approximate surface area is 165 Å². The van der Waals surface area contributed by atoms with Gasteiger partial charge in [-0.1, -0.05) is 12.1 Å². The summed E-state index contributed by atoms with van der Waals surface area (Å²) in [7, 11) is 0. The second kappa shape index (κ2) is 8.30. The van der Waals surface area contributed by atoms with E-state index >= 15 is 0 Å². The van der Waals surface area contributed by atoms with Gasteiger partial charge in [0, 0.05) is 24.0 Å². The average Bonchev–Trinajstić information content (AvgIpc) is 3.42. The Kier molecular flexibility index (Phi) is 5.24. The van der Waals surface area contributed by atoms with Crippen LogP contribution in [0.1, 0.15) is 16.1 Å². The molecule has 29 heavy (non-hydrogen) atoms. The smallest absolute Gasteiger partial charge is 0.274 e. The summed E-state index contributed by atoms with van der Waals surface area (Å²) in [6, 6.07) is 13.0. The number of carbonyl (C=O) groups excluding carboxylic acids is 1. The van der Waals surface area contributed by atoms with Crippen molar-refractivity contribution in [3.63, 3.8) is 0 Å². The highest BCUT2D eigenvalue weighted by Gasteiger charge is 2.16. The number of hydrogen-bond donors (Lipinski definition) is 1. The van der Waals surface area contributed by atoms with Gasteiger partial charge >= 0.3 is 0 Å². The summed E-state index contributed by atoms with van der Waals surface area (Å²) in [5.74, 6) is 0.587. The van der Waals surface area contributed by atoms with E-state index in [2.05, 4.69) is 20.4 Å². The van der Waals surface area contributed by atoms with Gasteiger partial charge in [-0.3, -0.25) is 9.78 Å². The van der Waals surface area contributed by atoms with Gasteiger partial charge in [-0.05, 0) is 48.0 Å². The minimum absolute atomic E-state index is 0.272. The monoisotopic (exact) mass is 389 g/mol. The third-order valence-corrected chi connectivity index (χ3v) is 4.02. The van der Waals surface area contributed by atoms with Gasteiger partial charge in [0.2, 0.25) is 5.95 Å². The topological polar surface area (TPSA) is 85.8 Å². The summed E-state index contributed by atoms with van der Waals surface area (Å²) < 4.78 is 19.5. The van der Waals surface area contributed by atoms with Gasteiger partial charge in [0.15, 0.2) is 5.82 Å². The Balaban J connectivity index is 1.61. The van der Waals surface area contributed by atoms with Gasteiger partial charge in [-0.2, -0.15) is 9.67 Å². The van der Waals surface area contributed by atoms with Crippen LogP contribution in [0.25, 0.3) is 17.5 Å². The summed E-state index contributed by atoms with van der Waals surface area (Å²) in [6.45, 7) is 0.340. The van der Waals surface area contributed by atoms with Crippen LogP contribution in [0.2, 0.25) is 0 Å². The van der Waals surface area contributed by atoms with Crippen molar-refractivity contribution in [3.8, 4) is 11.4 Å². The van der Waals surface area contributed by atoms with E-state index in [-0.39, 0.29) is 11.8 Å². The molecule has 144 valence electrons. The van der Waals surface area contributed by atoms with E-state index in [9.17, 15) is 9.18 Å². The molecule has 4 rings (SSSR count). The van der Waals surface area contributed by atoms with E-state index in [1.54, 1.807) is 49.0 Å². The van der Waals surface area contributed by atoms with Gasteiger partial charge in [0.05, 0.1) is 12.8 Å². The fourth-order valence-corrected chi connectivity index (χ4v) is 2.59. The molecule has 4 aromatic rings. The Morgan fingerprint density at radius 1 is 1.17 bits per heavy atom. The Hall–Kier alpha value is -4.07. The lowest BCUT2D eigenvalue weighted by molar-refractivity contribution is 0.0957. The molecule has 0 bridgehead atoms. The minimum atomic E-state index is -0.404. The first kappa shape index (κ1) is 18.3. The van der Waals surface area contributed by atoms with Crippen molar-refractivity contribution in [2.45, 2.75) is 6.54 Å². The van der Waals surface area contributed by atoms with Gasteiger partial charge < -0.3 is 9.73 Å². The lowest BCUT2D eigenvalue weighted by Crippen LogP contribution is -2.14. The molecular formula is C21H16FN5O2. The second-order valence-electron chi connectivity index (χ2n) is 6.07. The number of halogens is 1. The first-order valence-electron chi connectivity index (χ1n) is 8.81. The van der Waals surface area contributed by atoms with Gasteiger partial charge in [-0.25, -0.2) is 4.39 Å². The number of nitrogens with zero attached hydrogens (tertiary/aromatic N) is 4. The number of rotatable bonds is 6. The van der Waals surface area contributed by atoms with Crippen LogP contribution in [0.5, 0.6) is 0 Å². The molecule has 3 aromatic heterocycles. The van der Waals surface area contributed by atoms with E-state index in [4.69, 9.17) is 4.42 Å². The number of hydrogen-bond acceptors (Lipinski definition) is 6. The van der Waals surface area contributed by atoms with E-state index in [1.165, 1.54) is 22.9 Å². The molecule has 0 unspecified atom stereocenters. The number of carbonyl (C=O) groups is 1. The molecule has 0 radical (unpaired) electrons. The minimum Gasteiger partial charge on any atom is -0.467 e. The average molecular weight is 389 g/mol. The molecule has 0 amide bonds. The molecule has 0 atom stereocenters. The summed E-state index contributed by atoms with van der Waals surface area (Å²) >= 11 is 0. The highest BCUT2D eigenvalue weighted by atomic mass is 19.1. The maximum atomic E-state index is 13.0. The van der Waals surface area contributed by atoms with Crippen molar-refractivity contribution in [1.29, 1.82) is 0 Å². The molecule has 8 heteroatoms. The third kappa shape index (κ3) is 4.44. The van der Waals surface area contributed by atoms with Crippen LogP contribution in [-0.4, -0.2) is 25.7 Å². The zero-order valence-corrected chi connectivity index (χ0v) is 15.2. The molecule has 0 saturated heterocycles. The molecule has 1 aromatic carbocycles. The normalized spacial score (nSPS) is 11.1. The molecule has 3 heterocycles. The summed E-state index contributed by atoms with van der Waals surface area (Å²) in [4.78, 5) is 21.2. The molecule has 0 aliphatic heterocycles. The van der Waals surface area contributed by atoms with Gasteiger partial charge in [0.25, 0.3) is 5.91 Å². The molecule has 1 N–H and O–H groups in total. The number of pyridine rings is 1. The van der Waals surface area contributed by atoms with Crippen molar-refractivity contribution in [2.24, 2.45) is 0 Å². The fraction of sp³-hybridized carbons (Fsp3) is 0.0476. The predicted molar refractivity (Wildman–Crippen MR) is 105 cm³/mol. The molecule has 0 aliphatic carbocycles. The predicted octanol–water partition coefficient (Wildman–Crippen LogP) is 4.04. The van der Waals surface area contributed by atoms with E-state index in [0.29, 0.717) is 29.3 Å². The van der Waals surface area contributed by atoms with Crippen LogP contribution >= 0.6 is 0 Å². The number of allylic oxidation sites excluding steroid dienone is 1. The van der Waals surface area contributed by atoms with Crippen molar-refractivity contribution in [1.82, 2.24) is 19.7 Å². The first-order chi connectivity index (χ1) is 14.2. The molecule has 7 nitrogen and oxygen atoms in total. The van der Waals surface area contributed by atoms with Crippen LogP contribution < -0.4 is 5.32 Å². The van der Waals surface area contributed by atoms with Crippen LogP contribution in [0.4, 0.5) is 10.3 Å². The van der Waals surface area contributed by atoms with E-state index < -0.39 is 5.91 Å². The third-order valence-electron chi connectivity index (χ3n) is 4.02. The van der Waals surface area contributed by atoms with Crippen molar-refractivity contribution >= 4 is 17.9 Å². The van der Waals surface area contributed by atoms with Crippen LogP contribution in [0.3, 0.4) is 0 Å².